The van der Waals surface area contributed by atoms with E-state index < -0.39 is 5.91 Å². The highest BCUT2D eigenvalue weighted by molar-refractivity contribution is 6.02. The minimum absolute atomic E-state index is 0.0940. The van der Waals surface area contributed by atoms with Crippen molar-refractivity contribution in [1.82, 2.24) is 15.2 Å². The molecule has 0 spiro atoms. The summed E-state index contributed by atoms with van der Waals surface area (Å²) in [6.45, 7) is 3.93. The first-order valence-corrected chi connectivity index (χ1v) is 6.50. The number of hydrogen-bond donors (Lipinski definition) is 2. The summed E-state index contributed by atoms with van der Waals surface area (Å²) < 4.78 is 10.3. The van der Waals surface area contributed by atoms with E-state index in [0.29, 0.717) is 23.0 Å². The van der Waals surface area contributed by atoms with Crippen LogP contribution in [0.1, 0.15) is 36.2 Å². The third-order valence-corrected chi connectivity index (χ3v) is 2.91. The van der Waals surface area contributed by atoms with Gasteiger partial charge in [0.15, 0.2) is 0 Å². The monoisotopic (exact) mass is 290 g/mol. The molecule has 1 amide bonds. The van der Waals surface area contributed by atoms with Gasteiger partial charge in [0.2, 0.25) is 5.82 Å². The Morgan fingerprint density at radius 1 is 1.29 bits per heavy atom. The van der Waals surface area contributed by atoms with Crippen molar-refractivity contribution in [2.24, 2.45) is 0 Å². The number of H-pyrrole nitrogens is 1. The highest BCUT2D eigenvalue weighted by atomic mass is 16.5. The normalized spacial score (nSPS) is 10.5. The number of benzene rings is 1. The minimum Gasteiger partial charge on any atom is -0.497 e. The molecule has 0 fully saturated rings. The van der Waals surface area contributed by atoms with Crippen LogP contribution in [0.2, 0.25) is 0 Å². The topological polar surface area (TPSA) is 89.1 Å². The van der Waals surface area contributed by atoms with Crippen molar-refractivity contribution in [2.75, 3.05) is 19.5 Å². The molecule has 2 rings (SSSR count). The molecule has 0 radical (unpaired) electrons. The van der Waals surface area contributed by atoms with E-state index >= 15 is 0 Å². The second kappa shape index (κ2) is 6.25. The van der Waals surface area contributed by atoms with Crippen molar-refractivity contribution in [3.05, 3.63) is 29.8 Å². The van der Waals surface area contributed by atoms with Gasteiger partial charge in [-0.25, -0.2) is 4.98 Å². The van der Waals surface area contributed by atoms with Crippen LogP contribution in [0, 0.1) is 0 Å². The summed E-state index contributed by atoms with van der Waals surface area (Å²) in [6, 6.07) is 5.12. The standard InChI is InChI=1S/C14H18N4O3/c1-8(2)12-16-13(18-17-12)14(19)15-10-6-5-9(20-3)7-11(10)21-4/h5-8H,1-4H3,(H,15,19)(H,16,17,18). The van der Waals surface area contributed by atoms with Gasteiger partial charge in [0.05, 0.1) is 19.9 Å². The third-order valence-electron chi connectivity index (χ3n) is 2.91. The zero-order chi connectivity index (χ0) is 15.4. The Balaban J connectivity index is 2.18. The molecule has 0 saturated carbocycles. The molecule has 21 heavy (non-hydrogen) atoms. The SMILES string of the molecule is COc1ccc(NC(=O)c2n[nH]c(C(C)C)n2)c(OC)c1. The van der Waals surface area contributed by atoms with Crippen LogP contribution in [0.5, 0.6) is 11.5 Å². The lowest BCUT2D eigenvalue weighted by Crippen LogP contribution is -2.14. The smallest absolute Gasteiger partial charge is 0.295 e. The largest absolute Gasteiger partial charge is 0.497 e. The molecule has 0 unspecified atom stereocenters. The van der Waals surface area contributed by atoms with Gasteiger partial charge < -0.3 is 14.8 Å². The summed E-state index contributed by atoms with van der Waals surface area (Å²) >= 11 is 0. The number of nitrogens with one attached hydrogen (secondary N) is 2. The molecule has 1 heterocycles. The van der Waals surface area contributed by atoms with Gasteiger partial charge in [0, 0.05) is 12.0 Å². The molecule has 0 saturated heterocycles. The quantitative estimate of drug-likeness (QED) is 0.881. The second-order valence-electron chi connectivity index (χ2n) is 4.72. The number of aromatic nitrogens is 3. The van der Waals surface area contributed by atoms with E-state index in [4.69, 9.17) is 9.47 Å². The first-order chi connectivity index (χ1) is 10.0. The Bertz CT molecular complexity index is 637. The number of hydrogen-bond acceptors (Lipinski definition) is 5. The highest BCUT2D eigenvalue weighted by Crippen LogP contribution is 2.29. The first-order valence-electron chi connectivity index (χ1n) is 6.50. The molecule has 0 bridgehead atoms. The van der Waals surface area contributed by atoms with Crippen molar-refractivity contribution in [2.45, 2.75) is 19.8 Å². The van der Waals surface area contributed by atoms with Gasteiger partial charge in [-0.05, 0) is 12.1 Å². The van der Waals surface area contributed by atoms with Gasteiger partial charge in [-0.15, -0.1) is 5.10 Å². The summed E-state index contributed by atoms with van der Waals surface area (Å²) in [5, 5.41) is 9.37. The van der Waals surface area contributed by atoms with Crippen LogP contribution in [0.15, 0.2) is 18.2 Å². The molecular formula is C14H18N4O3. The molecule has 0 aliphatic rings. The van der Waals surface area contributed by atoms with E-state index in [0.717, 1.165) is 0 Å². The van der Waals surface area contributed by atoms with E-state index in [2.05, 4.69) is 20.5 Å². The van der Waals surface area contributed by atoms with E-state index in [1.54, 1.807) is 25.3 Å². The summed E-state index contributed by atoms with van der Waals surface area (Å²) in [7, 11) is 3.09. The zero-order valence-corrected chi connectivity index (χ0v) is 12.4. The predicted molar refractivity (Wildman–Crippen MR) is 78.0 cm³/mol. The van der Waals surface area contributed by atoms with Gasteiger partial charge in [-0.2, -0.15) is 0 Å². The number of rotatable bonds is 5. The average Bonchev–Trinajstić information content (AvgIpc) is 2.97. The zero-order valence-electron chi connectivity index (χ0n) is 12.4. The molecule has 2 aromatic rings. The number of anilines is 1. The number of ether oxygens (including phenoxy) is 2. The van der Waals surface area contributed by atoms with Crippen molar-refractivity contribution in [1.29, 1.82) is 0 Å². The number of amides is 1. The second-order valence-corrected chi connectivity index (χ2v) is 4.72. The number of carbonyl (C=O) groups is 1. The molecule has 112 valence electrons. The maximum Gasteiger partial charge on any atom is 0.295 e. The number of methoxy groups -OCH3 is 2. The van der Waals surface area contributed by atoms with Crippen LogP contribution in [0.4, 0.5) is 5.69 Å². The van der Waals surface area contributed by atoms with Crippen molar-refractivity contribution < 1.29 is 14.3 Å². The van der Waals surface area contributed by atoms with Gasteiger partial charge in [-0.1, -0.05) is 13.8 Å². The Kier molecular flexibility index (Phi) is 4.42. The summed E-state index contributed by atoms with van der Waals surface area (Å²) in [5.74, 6) is 1.68. The van der Waals surface area contributed by atoms with Gasteiger partial charge in [0.1, 0.15) is 17.3 Å². The summed E-state index contributed by atoms with van der Waals surface area (Å²) in [6.07, 6.45) is 0. The van der Waals surface area contributed by atoms with E-state index in [-0.39, 0.29) is 11.7 Å². The van der Waals surface area contributed by atoms with Crippen molar-refractivity contribution in [3.8, 4) is 11.5 Å². The first kappa shape index (κ1) is 14.8. The van der Waals surface area contributed by atoms with E-state index in [1.165, 1.54) is 7.11 Å². The van der Waals surface area contributed by atoms with Crippen LogP contribution in [-0.2, 0) is 0 Å². The highest BCUT2D eigenvalue weighted by Gasteiger charge is 2.16. The molecule has 2 N–H and O–H groups in total. The number of nitrogens with zero attached hydrogens (tertiary/aromatic N) is 2. The molecule has 1 aromatic carbocycles. The van der Waals surface area contributed by atoms with Gasteiger partial charge >= 0.3 is 0 Å². The van der Waals surface area contributed by atoms with Gasteiger partial charge in [-0.3, -0.25) is 9.89 Å². The van der Waals surface area contributed by atoms with E-state index in [1.807, 2.05) is 13.8 Å². The maximum absolute atomic E-state index is 12.1. The molecular weight excluding hydrogens is 272 g/mol. The molecule has 0 aliphatic heterocycles. The van der Waals surface area contributed by atoms with Crippen LogP contribution >= 0.6 is 0 Å². The lowest BCUT2D eigenvalue weighted by Gasteiger charge is -2.10. The Morgan fingerprint density at radius 2 is 2.05 bits per heavy atom. The molecule has 7 heteroatoms. The third kappa shape index (κ3) is 3.31. The molecule has 7 nitrogen and oxygen atoms in total. The number of carbonyl (C=O) groups excluding carboxylic acids is 1. The van der Waals surface area contributed by atoms with E-state index in [9.17, 15) is 4.79 Å². The Labute approximate surface area is 122 Å². The van der Waals surface area contributed by atoms with Crippen LogP contribution in [0.25, 0.3) is 0 Å². The van der Waals surface area contributed by atoms with Crippen molar-refractivity contribution >= 4 is 11.6 Å². The fraction of sp³-hybridized carbons (Fsp3) is 0.357. The van der Waals surface area contributed by atoms with Crippen LogP contribution in [-0.4, -0.2) is 35.3 Å². The molecule has 0 aliphatic carbocycles. The van der Waals surface area contributed by atoms with Crippen LogP contribution < -0.4 is 14.8 Å². The Hall–Kier alpha value is -2.57. The summed E-state index contributed by atoms with van der Waals surface area (Å²) in [4.78, 5) is 16.3. The minimum atomic E-state index is -0.401. The van der Waals surface area contributed by atoms with Gasteiger partial charge in [0.25, 0.3) is 5.91 Å². The molecule has 0 atom stereocenters. The lowest BCUT2D eigenvalue weighted by atomic mass is 10.2. The Morgan fingerprint density at radius 3 is 2.62 bits per heavy atom. The lowest BCUT2D eigenvalue weighted by molar-refractivity contribution is 0.101. The number of aromatic amines is 1. The maximum atomic E-state index is 12.1. The van der Waals surface area contributed by atoms with Crippen LogP contribution in [0.3, 0.4) is 0 Å². The summed E-state index contributed by atoms with van der Waals surface area (Å²) in [5.41, 5.74) is 0.527. The average molecular weight is 290 g/mol. The van der Waals surface area contributed by atoms with Crippen molar-refractivity contribution in [3.63, 3.8) is 0 Å². The predicted octanol–water partition coefficient (Wildman–Crippen LogP) is 2.20. The molecule has 1 aromatic heterocycles. The fourth-order valence-corrected chi connectivity index (χ4v) is 1.71. The fourth-order valence-electron chi connectivity index (χ4n) is 1.71.